The zero-order valence-electron chi connectivity index (χ0n) is 18.9. The zero-order valence-corrected chi connectivity index (χ0v) is 20.5. The fraction of sp³-hybridized carbons (Fsp3) is 0.280. The number of rotatable bonds is 7. The van der Waals surface area contributed by atoms with Gasteiger partial charge < -0.3 is 15.1 Å². The molecule has 1 aromatic carbocycles. The van der Waals surface area contributed by atoms with Gasteiger partial charge in [0, 0.05) is 36.8 Å². The molecule has 1 aliphatic heterocycles. The second-order valence-corrected chi connectivity index (χ2v) is 10.2. The van der Waals surface area contributed by atoms with Crippen molar-refractivity contribution in [2.75, 3.05) is 24.5 Å². The number of thiophene rings is 1. The molecule has 2 N–H and O–H groups in total. The van der Waals surface area contributed by atoms with Gasteiger partial charge >= 0.3 is 0 Å². The van der Waals surface area contributed by atoms with Crippen LogP contribution in [0, 0.1) is 5.92 Å². The van der Waals surface area contributed by atoms with E-state index in [4.69, 9.17) is 10.2 Å². The van der Waals surface area contributed by atoms with E-state index in [-0.39, 0.29) is 36.6 Å². The molecular formula is C25H24N4O4S2. The molecule has 3 amide bonds. The molecule has 0 aliphatic carbocycles. The van der Waals surface area contributed by atoms with Crippen LogP contribution in [-0.2, 0) is 9.59 Å². The monoisotopic (exact) mass is 508 g/mol. The standard InChI is InChI=1S/C25H24N4O4S2/c26-23(31)17-6-3-10-28(14-17)22(30)9-11-29(24(32)21-8-4-12-34-21)25-27-18(15-35-25)20-13-16-5-1-2-7-19(16)33-20/h1-2,4-5,7-8,12-13,15,17H,3,6,9-11,14H2,(H2,26,31). The minimum atomic E-state index is -0.377. The third kappa shape index (κ3) is 4.98. The lowest BCUT2D eigenvalue weighted by Gasteiger charge is -2.31. The van der Waals surface area contributed by atoms with Gasteiger partial charge in [-0.05, 0) is 36.4 Å². The Hall–Kier alpha value is -3.50. The van der Waals surface area contributed by atoms with E-state index in [1.54, 1.807) is 15.9 Å². The Bertz CT molecular complexity index is 1330. The van der Waals surface area contributed by atoms with Crippen LogP contribution in [0.1, 0.15) is 28.9 Å². The number of fused-ring (bicyclic) bond motifs is 1. The van der Waals surface area contributed by atoms with Crippen molar-refractivity contribution >= 4 is 56.5 Å². The summed E-state index contributed by atoms with van der Waals surface area (Å²) in [5, 5.41) is 5.17. The number of primary amides is 1. The van der Waals surface area contributed by atoms with E-state index in [2.05, 4.69) is 4.98 Å². The van der Waals surface area contributed by atoms with Gasteiger partial charge in [0.25, 0.3) is 5.91 Å². The first kappa shape index (κ1) is 23.3. The van der Waals surface area contributed by atoms with Crippen molar-refractivity contribution in [1.29, 1.82) is 0 Å². The summed E-state index contributed by atoms with van der Waals surface area (Å²) >= 11 is 2.68. The van der Waals surface area contributed by atoms with Gasteiger partial charge in [0.05, 0.1) is 10.8 Å². The number of para-hydroxylation sites is 1. The van der Waals surface area contributed by atoms with E-state index in [0.29, 0.717) is 41.0 Å². The molecule has 1 atom stereocenters. The number of likely N-dealkylation sites (tertiary alicyclic amines) is 1. The lowest BCUT2D eigenvalue weighted by Crippen LogP contribution is -2.45. The van der Waals surface area contributed by atoms with Crippen LogP contribution in [0.25, 0.3) is 22.4 Å². The number of furan rings is 1. The molecule has 4 aromatic rings. The number of thiazole rings is 1. The average Bonchev–Trinajstić information content (AvgIpc) is 3.64. The molecule has 0 bridgehead atoms. The SMILES string of the molecule is NC(=O)C1CCCN(C(=O)CCN(C(=O)c2cccs2)c2nc(-c3cc4ccccc4o3)cs2)C1. The van der Waals surface area contributed by atoms with Crippen LogP contribution in [0.5, 0.6) is 0 Å². The Morgan fingerprint density at radius 3 is 2.80 bits per heavy atom. The number of benzene rings is 1. The lowest BCUT2D eigenvalue weighted by molar-refractivity contribution is -0.134. The highest BCUT2D eigenvalue weighted by molar-refractivity contribution is 7.14. The van der Waals surface area contributed by atoms with Gasteiger partial charge in [0.1, 0.15) is 11.3 Å². The Morgan fingerprint density at radius 2 is 2.03 bits per heavy atom. The van der Waals surface area contributed by atoms with E-state index < -0.39 is 0 Å². The maximum atomic E-state index is 13.3. The molecule has 4 heterocycles. The van der Waals surface area contributed by atoms with E-state index in [1.807, 2.05) is 47.2 Å². The van der Waals surface area contributed by atoms with Crippen LogP contribution < -0.4 is 10.6 Å². The van der Waals surface area contributed by atoms with Crippen LogP contribution in [0.3, 0.4) is 0 Å². The highest BCUT2D eigenvalue weighted by Crippen LogP contribution is 2.32. The first-order chi connectivity index (χ1) is 17.0. The largest absolute Gasteiger partial charge is 0.454 e. The normalized spacial score (nSPS) is 15.9. The maximum Gasteiger partial charge on any atom is 0.270 e. The third-order valence-corrected chi connectivity index (χ3v) is 7.83. The molecule has 0 spiro atoms. The Labute approximate surface area is 210 Å². The van der Waals surface area contributed by atoms with Gasteiger partial charge in [-0.25, -0.2) is 4.98 Å². The second kappa shape index (κ2) is 10.0. The lowest BCUT2D eigenvalue weighted by atomic mass is 9.97. The topological polar surface area (TPSA) is 110 Å². The number of piperidine rings is 1. The third-order valence-electron chi connectivity index (χ3n) is 6.10. The fourth-order valence-corrected chi connectivity index (χ4v) is 5.74. The summed E-state index contributed by atoms with van der Waals surface area (Å²) in [6.07, 6.45) is 1.57. The number of carbonyl (C=O) groups excluding carboxylic acids is 3. The van der Waals surface area contributed by atoms with Crippen LogP contribution in [0.15, 0.2) is 57.6 Å². The molecule has 8 nitrogen and oxygen atoms in total. The molecule has 1 unspecified atom stereocenters. The van der Waals surface area contributed by atoms with Crippen molar-refractivity contribution < 1.29 is 18.8 Å². The van der Waals surface area contributed by atoms with Crippen molar-refractivity contribution in [1.82, 2.24) is 9.88 Å². The van der Waals surface area contributed by atoms with Crippen LogP contribution in [0.4, 0.5) is 5.13 Å². The minimum Gasteiger partial charge on any atom is -0.454 e. The van der Waals surface area contributed by atoms with Crippen molar-refractivity contribution in [2.45, 2.75) is 19.3 Å². The Morgan fingerprint density at radius 1 is 1.17 bits per heavy atom. The van der Waals surface area contributed by atoms with Crippen molar-refractivity contribution in [3.05, 3.63) is 58.1 Å². The number of nitrogens with zero attached hydrogens (tertiary/aromatic N) is 3. The first-order valence-corrected chi connectivity index (χ1v) is 13.1. The van der Waals surface area contributed by atoms with Gasteiger partial charge in [-0.3, -0.25) is 19.3 Å². The molecule has 35 heavy (non-hydrogen) atoms. The molecule has 1 aliphatic rings. The van der Waals surface area contributed by atoms with Crippen molar-refractivity contribution in [3.63, 3.8) is 0 Å². The molecular weight excluding hydrogens is 484 g/mol. The fourth-order valence-electron chi connectivity index (χ4n) is 4.23. The molecule has 0 saturated carbocycles. The number of aromatic nitrogens is 1. The molecule has 180 valence electrons. The summed E-state index contributed by atoms with van der Waals surface area (Å²) in [7, 11) is 0. The highest BCUT2D eigenvalue weighted by Gasteiger charge is 2.29. The summed E-state index contributed by atoms with van der Waals surface area (Å²) in [6.45, 7) is 1.11. The summed E-state index contributed by atoms with van der Waals surface area (Å²) in [6, 6.07) is 13.2. The van der Waals surface area contributed by atoms with E-state index >= 15 is 0 Å². The van der Waals surface area contributed by atoms with Crippen LogP contribution in [0.2, 0.25) is 0 Å². The molecule has 1 saturated heterocycles. The number of carbonyl (C=O) groups is 3. The maximum absolute atomic E-state index is 13.3. The van der Waals surface area contributed by atoms with Gasteiger partial charge in [0.15, 0.2) is 10.9 Å². The van der Waals surface area contributed by atoms with Crippen LogP contribution >= 0.6 is 22.7 Å². The molecule has 0 radical (unpaired) electrons. The number of anilines is 1. The van der Waals surface area contributed by atoms with Crippen molar-refractivity contribution in [2.24, 2.45) is 11.7 Å². The minimum absolute atomic E-state index is 0.103. The van der Waals surface area contributed by atoms with E-state index in [0.717, 1.165) is 17.4 Å². The quantitative estimate of drug-likeness (QED) is 0.398. The predicted octanol–water partition coefficient (Wildman–Crippen LogP) is 4.38. The Kier molecular flexibility index (Phi) is 6.65. The van der Waals surface area contributed by atoms with Gasteiger partial charge in [-0.2, -0.15) is 0 Å². The first-order valence-electron chi connectivity index (χ1n) is 11.4. The summed E-state index contributed by atoms with van der Waals surface area (Å²) in [5.74, 6) is -0.375. The summed E-state index contributed by atoms with van der Waals surface area (Å²) in [4.78, 5) is 46.3. The number of hydrogen-bond acceptors (Lipinski definition) is 7. The number of amides is 3. The Balaban J connectivity index is 1.35. The molecule has 10 heteroatoms. The van der Waals surface area contributed by atoms with E-state index in [1.165, 1.54) is 22.7 Å². The van der Waals surface area contributed by atoms with Crippen LogP contribution in [-0.4, -0.2) is 47.2 Å². The van der Waals surface area contributed by atoms with Crippen molar-refractivity contribution in [3.8, 4) is 11.5 Å². The van der Waals surface area contributed by atoms with Gasteiger partial charge in [-0.1, -0.05) is 24.3 Å². The van der Waals surface area contributed by atoms with Gasteiger partial charge in [-0.15, -0.1) is 22.7 Å². The number of hydrogen-bond donors (Lipinski definition) is 1. The smallest absolute Gasteiger partial charge is 0.270 e. The van der Waals surface area contributed by atoms with Gasteiger partial charge in [0.2, 0.25) is 11.8 Å². The predicted molar refractivity (Wildman–Crippen MR) is 136 cm³/mol. The summed E-state index contributed by atoms with van der Waals surface area (Å²) < 4.78 is 5.93. The summed E-state index contributed by atoms with van der Waals surface area (Å²) in [5.41, 5.74) is 6.86. The second-order valence-electron chi connectivity index (χ2n) is 8.43. The van der Waals surface area contributed by atoms with E-state index in [9.17, 15) is 14.4 Å². The average molecular weight is 509 g/mol. The number of nitrogens with two attached hydrogens (primary N) is 1. The molecule has 1 fully saturated rings. The zero-order chi connectivity index (χ0) is 24.4. The molecule has 3 aromatic heterocycles. The molecule has 5 rings (SSSR count). The highest BCUT2D eigenvalue weighted by atomic mass is 32.1.